The van der Waals surface area contributed by atoms with Crippen LogP contribution in [0.25, 0.3) is 0 Å². The van der Waals surface area contributed by atoms with E-state index in [1.54, 1.807) is 4.90 Å². The summed E-state index contributed by atoms with van der Waals surface area (Å²) < 4.78 is 0. The highest BCUT2D eigenvalue weighted by Crippen LogP contribution is 2.30. The van der Waals surface area contributed by atoms with E-state index >= 15 is 0 Å². The Bertz CT molecular complexity index is 1020. The standard InChI is InChI=1S/C25H28N4O2/c1-18-5-3-6-23(19(18)2)29-17-21(15-24(29)30)25(31)28-12-4-11-27(13-14-28)22-9-7-20(16-26)8-10-22/h3,5-10,21H,4,11-15,17H2,1-2H3. The number of amides is 2. The lowest BCUT2D eigenvalue weighted by Gasteiger charge is -2.25. The zero-order chi connectivity index (χ0) is 22.0. The van der Waals surface area contributed by atoms with Gasteiger partial charge in [-0.2, -0.15) is 5.26 Å². The van der Waals surface area contributed by atoms with Crippen LogP contribution in [-0.2, 0) is 9.59 Å². The third-order valence-electron chi connectivity index (χ3n) is 6.51. The second kappa shape index (κ2) is 8.81. The maximum Gasteiger partial charge on any atom is 0.228 e. The molecule has 4 rings (SSSR count). The van der Waals surface area contributed by atoms with E-state index in [2.05, 4.69) is 11.0 Å². The van der Waals surface area contributed by atoms with Gasteiger partial charge < -0.3 is 14.7 Å². The number of nitriles is 1. The Hall–Kier alpha value is -3.33. The first kappa shape index (κ1) is 20.9. The number of hydrogen-bond donors (Lipinski definition) is 0. The predicted octanol–water partition coefficient (Wildman–Crippen LogP) is 3.27. The van der Waals surface area contributed by atoms with E-state index in [9.17, 15) is 9.59 Å². The molecule has 1 unspecified atom stereocenters. The van der Waals surface area contributed by atoms with Gasteiger partial charge >= 0.3 is 0 Å². The summed E-state index contributed by atoms with van der Waals surface area (Å²) in [4.78, 5) is 31.9. The number of carbonyl (C=O) groups is 2. The Morgan fingerprint density at radius 2 is 1.81 bits per heavy atom. The molecule has 2 aromatic rings. The monoisotopic (exact) mass is 416 g/mol. The zero-order valence-electron chi connectivity index (χ0n) is 18.2. The predicted molar refractivity (Wildman–Crippen MR) is 121 cm³/mol. The number of hydrogen-bond acceptors (Lipinski definition) is 4. The Balaban J connectivity index is 1.41. The highest BCUT2D eigenvalue weighted by molar-refractivity contribution is 6.01. The van der Waals surface area contributed by atoms with Crippen LogP contribution in [0.5, 0.6) is 0 Å². The van der Waals surface area contributed by atoms with Crippen molar-refractivity contribution in [2.24, 2.45) is 5.92 Å². The summed E-state index contributed by atoms with van der Waals surface area (Å²) in [5, 5.41) is 8.99. The van der Waals surface area contributed by atoms with Gasteiger partial charge in [0.2, 0.25) is 11.8 Å². The molecular formula is C25H28N4O2. The zero-order valence-corrected chi connectivity index (χ0v) is 18.2. The minimum absolute atomic E-state index is 0.0288. The quantitative estimate of drug-likeness (QED) is 0.770. The lowest BCUT2D eigenvalue weighted by molar-refractivity contribution is -0.135. The molecule has 6 nitrogen and oxygen atoms in total. The van der Waals surface area contributed by atoms with Gasteiger partial charge in [-0.1, -0.05) is 12.1 Å². The molecule has 0 radical (unpaired) electrons. The summed E-state index contributed by atoms with van der Waals surface area (Å²) in [5.41, 5.74) is 4.88. The van der Waals surface area contributed by atoms with E-state index in [-0.39, 0.29) is 24.2 Å². The van der Waals surface area contributed by atoms with Gasteiger partial charge in [-0.3, -0.25) is 9.59 Å². The molecule has 2 fully saturated rings. The van der Waals surface area contributed by atoms with Crippen molar-refractivity contribution in [2.75, 3.05) is 42.5 Å². The SMILES string of the molecule is Cc1cccc(N2CC(C(=O)N3CCCN(c4ccc(C#N)cc4)CC3)CC2=O)c1C. The Morgan fingerprint density at radius 1 is 1.03 bits per heavy atom. The topological polar surface area (TPSA) is 67.7 Å². The number of benzene rings is 2. The largest absolute Gasteiger partial charge is 0.370 e. The summed E-state index contributed by atoms with van der Waals surface area (Å²) in [7, 11) is 0. The molecule has 0 bridgehead atoms. The molecule has 160 valence electrons. The van der Waals surface area contributed by atoms with E-state index in [1.165, 1.54) is 0 Å². The number of nitrogens with zero attached hydrogens (tertiary/aromatic N) is 4. The Labute approximate surface area is 183 Å². The summed E-state index contributed by atoms with van der Waals surface area (Å²) in [6, 6.07) is 15.7. The van der Waals surface area contributed by atoms with Crippen LogP contribution in [0, 0.1) is 31.1 Å². The summed E-state index contributed by atoms with van der Waals surface area (Å²) in [6.07, 6.45) is 1.16. The van der Waals surface area contributed by atoms with E-state index < -0.39 is 0 Å². The van der Waals surface area contributed by atoms with Crippen LogP contribution in [0.2, 0.25) is 0 Å². The van der Waals surface area contributed by atoms with E-state index in [1.807, 2.05) is 61.2 Å². The van der Waals surface area contributed by atoms with Crippen LogP contribution in [0.15, 0.2) is 42.5 Å². The van der Waals surface area contributed by atoms with E-state index in [0.717, 1.165) is 42.0 Å². The van der Waals surface area contributed by atoms with Crippen molar-refractivity contribution in [3.63, 3.8) is 0 Å². The van der Waals surface area contributed by atoms with Crippen LogP contribution in [0.3, 0.4) is 0 Å². The number of aryl methyl sites for hydroxylation is 1. The molecule has 2 heterocycles. The molecule has 0 aliphatic carbocycles. The summed E-state index contributed by atoms with van der Waals surface area (Å²) in [6.45, 7) is 7.50. The smallest absolute Gasteiger partial charge is 0.228 e. The van der Waals surface area contributed by atoms with Gasteiger partial charge in [0.05, 0.1) is 17.6 Å². The second-order valence-corrected chi connectivity index (χ2v) is 8.45. The molecule has 0 spiro atoms. The molecule has 2 aliphatic rings. The van der Waals surface area contributed by atoms with Crippen molar-refractivity contribution >= 4 is 23.2 Å². The molecule has 0 N–H and O–H groups in total. The average molecular weight is 417 g/mol. The molecule has 2 aromatic carbocycles. The minimum atomic E-state index is -0.283. The van der Waals surface area contributed by atoms with Gasteiger partial charge in [-0.25, -0.2) is 0 Å². The Morgan fingerprint density at radius 3 is 2.55 bits per heavy atom. The van der Waals surface area contributed by atoms with Gasteiger partial charge in [0.15, 0.2) is 0 Å². The van der Waals surface area contributed by atoms with Crippen LogP contribution in [-0.4, -0.2) is 49.4 Å². The molecular weight excluding hydrogens is 388 g/mol. The van der Waals surface area contributed by atoms with Gasteiger partial charge in [-0.05, 0) is 61.7 Å². The summed E-state index contributed by atoms with van der Waals surface area (Å²) >= 11 is 0. The van der Waals surface area contributed by atoms with E-state index in [0.29, 0.717) is 25.2 Å². The maximum absolute atomic E-state index is 13.2. The molecule has 31 heavy (non-hydrogen) atoms. The third kappa shape index (κ3) is 4.27. The number of carbonyl (C=O) groups excluding carboxylic acids is 2. The molecule has 0 aromatic heterocycles. The average Bonchev–Trinajstić information content (AvgIpc) is 3.00. The fourth-order valence-electron chi connectivity index (χ4n) is 4.53. The van der Waals surface area contributed by atoms with Crippen LogP contribution < -0.4 is 9.80 Å². The highest BCUT2D eigenvalue weighted by Gasteiger charge is 2.38. The molecule has 2 aliphatic heterocycles. The minimum Gasteiger partial charge on any atom is -0.370 e. The first-order valence-corrected chi connectivity index (χ1v) is 10.9. The van der Waals surface area contributed by atoms with Crippen molar-refractivity contribution in [3.05, 3.63) is 59.2 Å². The number of anilines is 2. The number of rotatable bonds is 3. The van der Waals surface area contributed by atoms with E-state index in [4.69, 9.17) is 5.26 Å². The van der Waals surface area contributed by atoms with Crippen molar-refractivity contribution in [2.45, 2.75) is 26.7 Å². The Kier molecular flexibility index (Phi) is 5.94. The maximum atomic E-state index is 13.2. The van der Waals surface area contributed by atoms with Crippen molar-refractivity contribution in [1.29, 1.82) is 5.26 Å². The fraction of sp³-hybridized carbons (Fsp3) is 0.400. The highest BCUT2D eigenvalue weighted by atomic mass is 16.2. The summed E-state index contributed by atoms with van der Waals surface area (Å²) in [5.74, 6) is -0.169. The lowest BCUT2D eigenvalue weighted by Crippen LogP contribution is -2.40. The molecule has 6 heteroatoms. The van der Waals surface area contributed by atoms with Crippen LogP contribution in [0.1, 0.15) is 29.5 Å². The van der Waals surface area contributed by atoms with Crippen molar-refractivity contribution in [1.82, 2.24) is 4.90 Å². The van der Waals surface area contributed by atoms with Gasteiger partial charge in [0.25, 0.3) is 0 Å². The van der Waals surface area contributed by atoms with Gasteiger partial charge in [0.1, 0.15) is 0 Å². The fourth-order valence-corrected chi connectivity index (χ4v) is 4.53. The van der Waals surface area contributed by atoms with Crippen LogP contribution in [0.4, 0.5) is 11.4 Å². The second-order valence-electron chi connectivity index (χ2n) is 8.45. The van der Waals surface area contributed by atoms with Gasteiger partial charge in [0, 0.05) is 50.5 Å². The van der Waals surface area contributed by atoms with Crippen molar-refractivity contribution < 1.29 is 9.59 Å². The third-order valence-corrected chi connectivity index (χ3v) is 6.51. The first-order chi connectivity index (χ1) is 15.0. The molecule has 2 saturated heterocycles. The van der Waals surface area contributed by atoms with Gasteiger partial charge in [-0.15, -0.1) is 0 Å². The van der Waals surface area contributed by atoms with Crippen molar-refractivity contribution in [3.8, 4) is 6.07 Å². The normalized spacial score (nSPS) is 19.3. The molecule has 2 amide bonds. The van der Waals surface area contributed by atoms with Crippen LogP contribution >= 0.6 is 0 Å². The molecule has 0 saturated carbocycles. The first-order valence-electron chi connectivity index (χ1n) is 10.9. The lowest BCUT2D eigenvalue weighted by atomic mass is 10.1. The molecule has 1 atom stereocenters.